The molecular weight excluding hydrogens is 232 g/mol. The molecule has 0 unspecified atom stereocenters. The van der Waals surface area contributed by atoms with Crippen molar-refractivity contribution in [2.24, 2.45) is 0 Å². The van der Waals surface area contributed by atoms with Gasteiger partial charge in [-0.05, 0) is 24.3 Å². The fourth-order valence-electron chi connectivity index (χ4n) is 1.95. The van der Waals surface area contributed by atoms with Crippen LogP contribution >= 0.6 is 0 Å². The maximum Gasteiger partial charge on any atom is 0.337 e. The second-order valence-electron chi connectivity index (χ2n) is 3.85. The van der Waals surface area contributed by atoms with E-state index in [0.717, 1.165) is 0 Å². The van der Waals surface area contributed by atoms with Crippen molar-refractivity contribution in [1.29, 1.82) is 0 Å². The van der Waals surface area contributed by atoms with Gasteiger partial charge in [0, 0.05) is 6.20 Å². The zero-order valence-corrected chi connectivity index (χ0v) is 9.20. The Morgan fingerprint density at radius 3 is 2.78 bits per heavy atom. The molecule has 0 spiro atoms. The van der Waals surface area contributed by atoms with E-state index in [1.807, 2.05) is 0 Å². The van der Waals surface area contributed by atoms with Gasteiger partial charge >= 0.3 is 5.97 Å². The molecule has 88 valence electrons. The summed E-state index contributed by atoms with van der Waals surface area (Å²) in [5.41, 5.74) is 0.430. The number of para-hydroxylation sites is 1. The highest BCUT2D eigenvalue weighted by atomic mass is 16.4. The SMILES string of the molecule is O=C(O)c1cccc2c(=O)n3ccccc3nc12. The van der Waals surface area contributed by atoms with E-state index in [0.29, 0.717) is 11.0 Å². The molecule has 2 aromatic heterocycles. The molecule has 0 bridgehead atoms. The van der Waals surface area contributed by atoms with Gasteiger partial charge in [-0.3, -0.25) is 9.20 Å². The summed E-state index contributed by atoms with van der Waals surface area (Å²) in [4.78, 5) is 27.5. The topological polar surface area (TPSA) is 71.7 Å². The maximum atomic E-state index is 12.2. The quantitative estimate of drug-likeness (QED) is 0.655. The summed E-state index contributed by atoms with van der Waals surface area (Å²) >= 11 is 0. The number of carboxylic acids is 1. The number of fused-ring (bicyclic) bond motifs is 2. The Morgan fingerprint density at radius 1 is 1.17 bits per heavy atom. The Balaban J connectivity index is 2.60. The number of pyridine rings is 1. The van der Waals surface area contributed by atoms with Crippen molar-refractivity contribution >= 4 is 22.5 Å². The first-order valence-corrected chi connectivity index (χ1v) is 5.32. The minimum Gasteiger partial charge on any atom is -0.478 e. The number of hydrogen-bond donors (Lipinski definition) is 1. The van der Waals surface area contributed by atoms with Crippen molar-refractivity contribution in [3.8, 4) is 0 Å². The van der Waals surface area contributed by atoms with Crippen LogP contribution in [0.25, 0.3) is 16.6 Å². The van der Waals surface area contributed by atoms with Crippen molar-refractivity contribution in [3.05, 3.63) is 58.5 Å². The lowest BCUT2D eigenvalue weighted by Gasteiger charge is -2.04. The van der Waals surface area contributed by atoms with Crippen molar-refractivity contribution in [3.63, 3.8) is 0 Å². The third kappa shape index (κ3) is 1.37. The lowest BCUT2D eigenvalue weighted by Crippen LogP contribution is -2.16. The monoisotopic (exact) mass is 240 g/mol. The number of nitrogens with zero attached hydrogens (tertiary/aromatic N) is 2. The van der Waals surface area contributed by atoms with Crippen LogP contribution in [0.5, 0.6) is 0 Å². The number of aromatic carboxylic acids is 1. The number of benzene rings is 1. The number of aromatic nitrogens is 2. The van der Waals surface area contributed by atoms with Crippen LogP contribution in [0.3, 0.4) is 0 Å². The molecular formula is C13H8N2O3. The minimum absolute atomic E-state index is 0.0379. The van der Waals surface area contributed by atoms with E-state index in [4.69, 9.17) is 5.11 Å². The van der Waals surface area contributed by atoms with Gasteiger partial charge in [0.1, 0.15) is 5.65 Å². The van der Waals surface area contributed by atoms with Gasteiger partial charge in [0.25, 0.3) is 5.56 Å². The van der Waals surface area contributed by atoms with Crippen molar-refractivity contribution in [2.45, 2.75) is 0 Å². The molecule has 2 heterocycles. The van der Waals surface area contributed by atoms with Gasteiger partial charge in [0.05, 0.1) is 16.5 Å². The summed E-state index contributed by atoms with van der Waals surface area (Å²) in [6.07, 6.45) is 1.61. The average molecular weight is 240 g/mol. The van der Waals surface area contributed by atoms with Gasteiger partial charge in [-0.2, -0.15) is 0 Å². The summed E-state index contributed by atoms with van der Waals surface area (Å²) < 4.78 is 1.40. The van der Waals surface area contributed by atoms with Crippen LogP contribution in [-0.2, 0) is 0 Å². The van der Waals surface area contributed by atoms with Gasteiger partial charge < -0.3 is 5.11 Å². The van der Waals surface area contributed by atoms with Crippen LogP contribution in [0.2, 0.25) is 0 Å². The first-order chi connectivity index (χ1) is 8.68. The van der Waals surface area contributed by atoms with Crippen LogP contribution in [0.4, 0.5) is 0 Å². The number of carboxylic acid groups (broad SMARTS) is 1. The Kier molecular flexibility index (Phi) is 2.13. The molecule has 5 nitrogen and oxygen atoms in total. The highest BCUT2D eigenvalue weighted by molar-refractivity contribution is 6.01. The van der Waals surface area contributed by atoms with Crippen LogP contribution in [0, 0.1) is 0 Å². The molecule has 0 aliphatic heterocycles. The van der Waals surface area contributed by atoms with Crippen LogP contribution in [0.1, 0.15) is 10.4 Å². The number of hydrogen-bond acceptors (Lipinski definition) is 3. The minimum atomic E-state index is -1.09. The Bertz CT molecular complexity index is 836. The fraction of sp³-hybridized carbons (Fsp3) is 0. The summed E-state index contributed by atoms with van der Waals surface area (Å²) in [5, 5.41) is 9.40. The summed E-state index contributed by atoms with van der Waals surface area (Å²) in [6, 6.07) is 9.71. The largest absolute Gasteiger partial charge is 0.478 e. The lowest BCUT2D eigenvalue weighted by atomic mass is 10.1. The second-order valence-corrected chi connectivity index (χ2v) is 3.85. The molecule has 0 aliphatic carbocycles. The second kappa shape index (κ2) is 3.66. The third-order valence-corrected chi connectivity index (χ3v) is 2.78. The highest BCUT2D eigenvalue weighted by Gasteiger charge is 2.12. The molecule has 0 saturated heterocycles. The van der Waals surface area contributed by atoms with Gasteiger partial charge in [0.15, 0.2) is 0 Å². The van der Waals surface area contributed by atoms with Gasteiger partial charge in [-0.25, -0.2) is 9.78 Å². The smallest absolute Gasteiger partial charge is 0.337 e. The van der Waals surface area contributed by atoms with Crippen LogP contribution in [0.15, 0.2) is 47.4 Å². The molecule has 0 atom stereocenters. The van der Waals surface area contributed by atoms with Crippen LogP contribution < -0.4 is 5.56 Å². The van der Waals surface area contributed by atoms with Crippen molar-refractivity contribution in [1.82, 2.24) is 9.38 Å². The molecule has 3 rings (SSSR count). The molecule has 0 amide bonds. The van der Waals surface area contributed by atoms with E-state index >= 15 is 0 Å². The lowest BCUT2D eigenvalue weighted by molar-refractivity contribution is 0.0699. The zero-order valence-electron chi connectivity index (χ0n) is 9.20. The predicted molar refractivity (Wildman–Crippen MR) is 65.9 cm³/mol. The van der Waals surface area contributed by atoms with E-state index in [9.17, 15) is 9.59 Å². The normalized spacial score (nSPS) is 10.9. The van der Waals surface area contributed by atoms with Crippen molar-refractivity contribution in [2.75, 3.05) is 0 Å². The van der Waals surface area contributed by atoms with E-state index in [-0.39, 0.29) is 16.6 Å². The summed E-state index contributed by atoms with van der Waals surface area (Å²) in [7, 11) is 0. The van der Waals surface area contributed by atoms with Crippen LogP contribution in [-0.4, -0.2) is 20.5 Å². The van der Waals surface area contributed by atoms with E-state index < -0.39 is 5.97 Å². The van der Waals surface area contributed by atoms with Gasteiger partial charge in [-0.1, -0.05) is 12.1 Å². The van der Waals surface area contributed by atoms with Crippen molar-refractivity contribution < 1.29 is 9.90 Å². The van der Waals surface area contributed by atoms with E-state index in [1.54, 1.807) is 36.5 Å². The van der Waals surface area contributed by atoms with E-state index in [1.165, 1.54) is 10.5 Å². The molecule has 18 heavy (non-hydrogen) atoms. The van der Waals surface area contributed by atoms with Gasteiger partial charge in [-0.15, -0.1) is 0 Å². The standard InChI is InChI=1S/C13H8N2O3/c16-12-8-4-3-5-9(13(17)18)11(8)14-10-6-1-2-7-15(10)12/h1-7H,(H,17,18). The Morgan fingerprint density at radius 2 is 2.00 bits per heavy atom. The highest BCUT2D eigenvalue weighted by Crippen LogP contribution is 2.14. The van der Waals surface area contributed by atoms with Gasteiger partial charge in [0.2, 0.25) is 0 Å². The molecule has 1 N–H and O–H groups in total. The zero-order chi connectivity index (χ0) is 12.7. The Hall–Kier alpha value is -2.69. The fourth-order valence-corrected chi connectivity index (χ4v) is 1.95. The first-order valence-electron chi connectivity index (χ1n) is 5.32. The first kappa shape index (κ1) is 10.5. The number of rotatable bonds is 1. The summed E-state index contributed by atoms with van der Waals surface area (Å²) in [6.45, 7) is 0. The molecule has 0 aliphatic rings. The summed E-state index contributed by atoms with van der Waals surface area (Å²) in [5.74, 6) is -1.09. The molecule has 0 fully saturated rings. The Labute approximate surface area is 101 Å². The molecule has 0 saturated carbocycles. The number of carbonyl (C=O) groups is 1. The molecule has 3 aromatic rings. The maximum absolute atomic E-state index is 12.2. The third-order valence-electron chi connectivity index (χ3n) is 2.78. The average Bonchev–Trinajstić information content (AvgIpc) is 2.38. The van der Waals surface area contributed by atoms with E-state index in [2.05, 4.69) is 4.98 Å². The predicted octanol–water partition coefficient (Wildman–Crippen LogP) is 1.55. The molecule has 5 heteroatoms. The molecule has 0 radical (unpaired) electrons. The molecule has 1 aromatic carbocycles.